The highest BCUT2D eigenvalue weighted by Gasteiger charge is 2.19. The summed E-state index contributed by atoms with van der Waals surface area (Å²) >= 11 is 0. The van der Waals surface area contributed by atoms with Gasteiger partial charge in [0.05, 0.1) is 12.6 Å². The number of rotatable bonds is 4. The lowest BCUT2D eigenvalue weighted by atomic mass is 9.98. The van der Waals surface area contributed by atoms with Crippen molar-refractivity contribution in [3.63, 3.8) is 0 Å². The van der Waals surface area contributed by atoms with E-state index in [0.29, 0.717) is 0 Å². The van der Waals surface area contributed by atoms with Crippen LogP contribution in [0.4, 0.5) is 0 Å². The van der Waals surface area contributed by atoms with Crippen LogP contribution in [-0.2, 0) is 4.74 Å². The fourth-order valence-electron chi connectivity index (χ4n) is 2.31. The number of aryl methyl sites for hydroxylation is 2. The summed E-state index contributed by atoms with van der Waals surface area (Å²) in [6, 6.07) is 6.86. The molecule has 18 heavy (non-hydrogen) atoms. The zero-order valence-electron chi connectivity index (χ0n) is 11.6. The molecule has 1 heterocycles. The van der Waals surface area contributed by atoms with Crippen molar-refractivity contribution in [2.45, 2.75) is 39.7 Å². The summed E-state index contributed by atoms with van der Waals surface area (Å²) in [5.74, 6) is 1.09. The second-order valence-electron chi connectivity index (χ2n) is 4.93. The lowest BCUT2D eigenvalue weighted by molar-refractivity contribution is 0.168. The molecule has 2 rings (SSSR count). The van der Waals surface area contributed by atoms with Gasteiger partial charge in [0.2, 0.25) is 0 Å². The van der Waals surface area contributed by atoms with Gasteiger partial charge >= 0.3 is 0 Å². The number of nitrogens with one attached hydrogen (secondary N) is 1. The monoisotopic (exact) mass is 245 g/mol. The predicted molar refractivity (Wildman–Crippen MR) is 75.6 cm³/mol. The first-order valence-electron chi connectivity index (χ1n) is 6.85. The van der Waals surface area contributed by atoms with Crippen LogP contribution in [0.15, 0.2) is 30.0 Å². The van der Waals surface area contributed by atoms with E-state index in [-0.39, 0.29) is 6.04 Å². The van der Waals surface area contributed by atoms with Crippen molar-refractivity contribution in [2.24, 2.45) is 0 Å². The minimum Gasteiger partial charge on any atom is -0.496 e. The summed E-state index contributed by atoms with van der Waals surface area (Å²) in [5, 5.41) is 3.52. The van der Waals surface area contributed by atoms with Gasteiger partial charge in [-0.1, -0.05) is 25.1 Å². The van der Waals surface area contributed by atoms with Crippen LogP contribution >= 0.6 is 0 Å². The zero-order valence-corrected chi connectivity index (χ0v) is 11.6. The van der Waals surface area contributed by atoms with Crippen molar-refractivity contribution in [3.05, 3.63) is 46.7 Å². The molecule has 0 amide bonds. The first kappa shape index (κ1) is 13.2. The molecule has 0 spiro atoms. The van der Waals surface area contributed by atoms with Gasteiger partial charge in [0, 0.05) is 0 Å². The molecule has 1 aliphatic rings. The Kier molecular flexibility index (Phi) is 4.43. The van der Waals surface area contributed by atoms with Gasteiger partial charge in [0.25, 0.3) is 0 Å². The fraction of sp³-hybridized carbons (Fsp3) is 0.500. The third-order valence-electron chi connectivity index (χ3n) is 3.52. The second kappa shape index (κ2) is 6.05. The molecular weight excluding hydrogens is 222 g/mol. The molecule has 0 fully saturated rings. The van der Waals surface area contributed by atoms with Crippen LogP contribution in [0.5, 0.6) is 0 Å². The van der Waals surface area contributed by atoms with Crippen LogP contribution in [0.2, 0.25) is 0 Å². The molecule has 0 bridgehead atoms. The van der Waals surface area contributed by atoms with Crippen LogP contribution in [0.25, 0.3) is 0 Å². The first-order valence-corrected chi connectivity index (χ1v) is 6.85. The zero-order chi connectivity index (χ0) is 13.0. The summed E-state index contributed by atoms with van der Waals surface area (Å²) in [7, 11) is 0. The molecule has 98 valence electrons. The van der Waals surface area contributed by atoms with Crippen LogP contribution in [0, 0.1) is 13.8 Å². The molecule has 1 aliphatic heterocycles. The van der Waals surface area contributed by atoms with Gasteiger partial charge < -0.3 is 10.1 Å². The van der Waals surface area contributed by atoms with Gasteiger partial charge in [-0.15, -0.1) is 0 Å². The van der Waals surface area contributed by atoms with E-state index in [4.69, 9.17) is 4.74 Å². The van der Waals surface area contributed by atoms with E-state index in [2.05, 4.69) is 50.4 Å². The Morgan fingerprint density at radius 3 is 2.72 bits per heavy atom. The molecule has 0 aliphatic carbocycles. The third-order valence-corrected chi connectivity index (χ3v) is 3.52. The fourth-order valence-corrected chi connectivity index (χ4v) is 2.31. The molecule has 1 aromatic rings. The smallest absolute Gasteiger partial charge is 0.113 e. The van der Waals surface area contributed by atoms with Crippen molar-refractivity contribution >= 4 is 0 Å². The molecule has 0 saturated carbocycles. The highest BCUT2D eigenvalue weighted by Crippen LogP contribution is 2.27. The lowest BCUT2D eigenvalue weighted by Gasteiger charge is -2.25. The Balaban J connectivity index is 2.28. The molecule has 2 heteroatoms. The minimum atomic E-state index is 0.203. The van der Waals surface area contributed by atoms with Gasteiger partial charge in [-0.2, -0.15) is 0 Å². The maximum absolute atomic E-state index is 5.82. The lowest BCUT2D eigenvalue weighted by Crippen LogP contribution is -2.25. The maximum atomic E-state index is 5.82. The Morgan fingerprint density at radius 1 is 1.28 bits per heavy atom. The van der Waals surface area contributed by atoms with E-state index in [1.54, 1.807) is 0 Å². The van der Waals surface area contributed by atoms with Gasteiger partial charge in [0.15, 0.2) is 0 Å². The highest BCUT2D eigenvalue weighted by atomic mass is 16.5. The molecule has 0 saturated heterocycles. The Labute approximate surface area is 110 Å². The van der Waals surface area contributed by atoms with Crippen LogP contribution < -0.4 is 5.32 Å². The van der Waals surface area contributed by atoms with E-state index >= 15 is 0 Å². The molecule has 2 nitrogen and oxygen atoms in total. The first-order chi connectivity index (χ1) is 8.72. The molecule has 1 aromatic carbocycles. The van der Waals surface area contributed by atoms with Crippen LogP contribution in [0.1, 0.15) is 42.5 Å². The largest absolute Gasteiger partial charge is 0.496 e. The van der Waals surface area contributed by atoms with E-state index in [9.17, 15) is 0 Å². The standard InChI is InChI=1S/C16H23NO/c1-4-17-16(15-7-5-6-10-18-15)14-9-8-12(2)13(3)11-14/h7-9,11,16-17H,4-6,10H2,1-3H3. The summed E-state index contributed by atoms with van der Waals surface area (Å²) in [6.07, 6.45) is 4.49. The summed E-state index contributed by atoms with van der Waals surface area (Å²) in [5.41, 5.74) is 3.98. The molecule has 1 N–H and O–H groups in total. The minimum absolute atomic E-state index is 0.203. The topological polar surface area (TPSA) is 21.3 Å². The molecule has 0 radical (unpaired) electrons. The molecule has 1 unspecified atom stereocenters. The highest BCUT2D eigenvalue weighted by molar-refractivity contribution is 5.34. The van der Waals surface area contributed by atoms with Gasteiger partial charge in [-0.05, 0) is 56.0 Å². The summed E-state index contributed by atoms with van der Waals surface area (Å²) < 4.78 is 5.82. The van der Waals surface area contributed by atoms with Crippen LogP contribution in [0.3, 0.4) is 0 Å². The number of benzene rings is 1. The van der Waals surface area contributed by atoms with E-state index in [0.717, 1.165) is 31.8 Å². The van der Waals surface area contributed by atoms with E-state index in [1.165, 1.54) is 16.7 Å². The van der Waals surface area contributed by atoms with Crippen molar-refractivity contribution in [1.29, 1.82) is 0 Å². The normalized spacial score (nSPS) is 16.9. The quantitative estimate of drug-likeness (QED) is 0.874. The van der Waals surface area contributed by atoms with Crippen molar-refractivity contribution in [3.8, 4) is 0 Å². The van der Waals surface area contributed by atoms with Gasteiger partial charge in [-0.25, -0.2) is 0 Å². The van der Waals surface area contributed by atoms with E-state index < -0.39 is 0 Å². The maximum Gasteiger partial charge on any atom is 0.113 e. The Hall–Kier alpha value is -1.28. The third kappa shape index (κ3) is 2.94. The number of likely N-dealkylation sites (N-methyl/N-ethyl adjacent to an activating group) is 1. The van der Waals surface area contributed by atoms with E-state index in [1.807, 2.05) is 0 Å². The number of hydrogen-bond acceptors (Lipinski definition) is 2. The van der Waals surface area contributed by atoms with Crippen LogP contribution in [-0.4, -0.2) is 13.2 Å². The number of hydrogen-bond donors (Lipinski definition) is 1. The summed E-state index contributed by atoms with van der Waals surface area (Å²) in [6.45, 7) is 8.24. The number of ether oxygens (including phenoxy) is 1. The molecule has 1 atom stereocenters. The number of allylic oxidation sites excluding steroid dienone is 1. The Morgan fingerprint density at radius 2 is 2.11 bits per heavy atom. The SMILES string of the molecule is CCNC(C1=CCCCO1)c1ccc(C)c(C)c1. The molecule has 0 aromatic heterocycles. The van der Waals surface area contributed by atoms with Gasteiger partial charge in [-0.3, -0.25) is 0 Å². The predicted octanol–water partition coefficient (Wildman–Crippen LogP) is 3.65. The van der Waals surface area contributed by atoms with Crippen molar-refractivity contribution in [2.75, 3.05) is 13.2 Å². The summed E-state index contributed by atoms with van der Waals surface area (Å²) in [4.78, 5) is 0. The van der Waals surface area contributed by atoms with Crippen molar-refractivity contribution < 1.29 is 4.74 Å². The second-order valence-corrected chi connectivity index (χ2v) is 4.93. The van der Waals surface area contributed by atoms with Crippen molar-refractivity contribution in [1.82, 2.24) is 5.32 Å². The average molecular weight is 245 g/mol. The Bertz CT molecular complexity index is 437. The average Bonchev–Trinajstić information content (AvgIpc) is 2.40. The molecular formula is C16H23NO. The van der Waals surface area contributed by atoms with Gasteiger partial charge in [0.1, 0.15) is 5.76 Å².